The number of nitrogens with two attached hydrogens (primary N) is 1. The monoisotopic (exact) mass is 178 g/mol. The van der Waals surface area contributed by atoms with Crippen LogP contribution in [0.2, 0.25) is 0 Å². The van der Waals surface area contributed by atoms with Crippen molar-refractivity contribution in [2.75, 3.05) is 5.73 Å². The Hall–Kier alpha value is -1.09. The van der Waals surface area contributed by atoms with E-state index in [4.69, 9.17) is 5.73 Å². The molecule has 3 N–H and O–H groups in total. The first-order valence-corrected chi connectivity index (χ1v) is 4.58. The van der Waals surface area contributed by atoms with Gasteiger partial charge in [0.05, 0.1) is 5.60 Å². The number of fused-ring (bicyclic) bond motifs is 1. The molecule has 3 nitrogen and oxygen atoms in total. The summed E-state index contributed by atoms with van der Waals surface area (Å²) in [5.41, 5.74) is 6.76. The predicted molar refractivity (Wildman–Crippen MR) is 51.2 cm³/mol. The Bertz CT molecular complexity index is 334. The van der Waals surface area contributed by atoms with Crippen molar-refractivity contribution in [1.82, 2.24) is 4.98 Å². The lowest BCUT2D eigenvalue weighted by atomic mass is 9.83. The number of pyridine rings is 1. The van der Waals surface area contributed by atoms with Crippen molar-refractivity contribution in [3.63, 3.8) is 0 Å². The highest BCUT2D eigenvalue weighted by atomic mass is 16.3. The number of nitrogen functional groups attached to an aromatic ring is 1. The van der Waals surface area contributed by atoms with Crippen molar-refractivity contribution in [3.8, 4) is 0 Å². The van der Waals surface area contributed by atoms with Crippen molar-refractivity contribution >= 4 is 5.82 Å². The molecule has 0 amide bonds. The summed E-state index contributed by atoms with van der Waals surface area (Å²) < 4.78 is 0. The highest BCUT2D eigenvalue weighted by Crippen LogP contribution is 2.33. The third-order valence-corrected chi connectivity index (χ3v) is 2.65. The van der Waals surface area contributed by atoms with E-state index in [0.717, 1.165) is 30.5 Å². The van der Waals surface area contributed by atoms with Gasteiger partial charge in [-0.15, -0.1) is 0 Å². The van der Waals surface area contributed by atoms with E-state index in [-0.39, 0.29) is 0 Å². The van der Waals surface area contributed by atoms with Gasteiger partial charge in [-0.3, -0.25) is 0 Å². The zero-order valence-electron chi connectivity index (χ0n) is 7.75. The van der Waals surface area contributed by atoms with Gasteiger partial charge in [-0.25, -0.2) is 4.98 Å². The van der Waals surface area contributed by atoms with E-state index in [1.165, 1.54) is 0 Å². The standard InChI is InChI=1S/C10H14N2O/c1-10(13)6-2-3-8-7(10)4-5-9(11)12-8/h4-5,13H,2-3,6H2,1H3,(H2,11,12). The molecule has 1 aromatic rings. The molecule has 0 saturated carbocycles. The summed E-state index contributed by atoms with van der Waals surface area (Å²) in [7, 11) is 0. The Morgan fingerprint density at radius 1 is 1.54 bits per heavy atom. The van der Waals surface area contributed by atoms with Gasteiger partial charge in [-0.2, -0.15) is 0 Å². The van der Waals surface area contributed by atoms with E-state index in [1.54, 1.807) is 6.07 Å². The summed E-state index contributed by atoms with van der Waals surface area (Å²) >= 11 is 0. The molecule has 3 heteroatoms. The van der Waals surface area contributed by atoms with Crippen LogP contribution in [0.1, 0.15) is 31.0 Å². The van der Waals surface area contributed by atoms with E-state index < -0.39 is 5.60 Å². The molecule has 70 valence electrons. The molecule has 2 rings (SSSR count). The van der Waals surface area contributed by atoms with Gasteiger partial charge in [0, 0.05) is 11.3 Å². The van der Waals surface area contributed by atoms with Gasteiger partial charge in [0.15, 0.2) is 0 Å². The molecule has 1 atom stereocenters. The smallest absolute Gasteiger partial charge is 0.123 e. The fourth-order valence-electron chi connectivity index (χ4n) is 1.93. The van der Waals surface area contributed by atoms with Crippen molar-refractivity contribution in [2.45, 2.75) is 31.8 Å². The van der Waals surface area contributed by atoms with Gasteiger partial charge in [-0.05, 0) is 32.3 Å². The minimum atomic E-state index is -0.714. The molecule has 13 heavy (non-hydrogen) atoms. The molecule has 0 fully saturated rings. The highest BCUT2D eigenvalue weighted by molar-refractivity contribution is 5.38. The lowest BCUT2D eigenvalue weighted by Gasteiger charge is -2.30. The second kappa shape index (κ2) is 2.70. The third-order valence-electron chi connectivity index (χ3n) is 2.65. The van der Waals surface area contributed by atoms with Gasteiger partial charge in [0.25, 0.3) is 0 Å². The SMILES string of the molecule is CC1(O)CCCc2nc(N)ccc21. The van der Waals surface area contributed by atoms with Crippen LogP contribution < -0.4 is 5.73 Å². The minimum absolute atomic E-state index is 0.538. The summed E-state index contributed by atoms with van der Waals surface area (Å²) in [5.74, 6) is 0.538. The number of hydrogen-bond acceptors (Lipinski definition) is 3. The second-order valence-corrected chi connectivity index (χ2v) is 3.86. The van der Waals surface area contributed by atoms with Crippen LogP contribution in [0.3, 0.4) is 0 Å². The van der Waals surface area contributed by atoms with Crippen LogP contribution in [0.4, 0.5) is 5.82 Å². The zero-order valence-corrected chi connectivity index (χ0v) is 7.75. The highest BCUT2D eigenvalue weighted by Gasteiger charge is 2.29. The Balaban J connectivity index is 2.53. The van der Waals surface area contributed by atoms with E-state index in [1.807, 2.05) is 13.0 Å². The Kier molecular flexibility index (Phi) is 1.77. The normalized spacial score (nSPS) is 26.9. The van der Waals surface area contributed by atoms with Gasteiger partial charge in [-0.1, -0.05) is 6.07 Å². The molecule has 1 aliphatic carbocycles. The van der Waals surface area contributed by atoms with Gasteiger partial charge in [0.1, 0.15) is 5.82 Å². The third kappa shape index (κ3) is 1.40. The number of aryl methyl sites for hydroxylation is 1. The molecule has 1 heterocycles. The van der Waals surface area contributed by atoms with Crippen molar-refractivity contribution in [1.29, 1.82) is 0 Å². The Labute approximate surface area is 77.6 Å². The van der Waals surface area contributed by atoms with Crippen LogP contribution in [-0.4, -0.2) is 10.1 Å². The van der Waals surface area contributed by atoms with E-state index in [2.05, 4.69) is 4.98 Å². The largest absolute Gasteiger partial charge is 0.385 e. The number of anilines is 1. The number of hydrogen-bond donors (Lipinski definition) is 2. The summed E-state index contributed by atoms with van der Waals surface area (Å²) in [6, 6.07) is 3.63. The molecule has 0 spiro atoms. The second-order valence-electron chi connectivity index (χ2n) is 3.86. The van der Waals surface area contributed by atoms with Crippen molar-refractivity contribution < 1.29 is 5.11 Å². The number of nitrogens with zero attached hydrogens (tertiary/aromatic N) is 1. The van der Waals surface area contributed by atoms with Crippen molar-refractivity contribution in [2.24, 2.45) is 0 Å². The first kappa shape index (κ1) is 8.51. The van der Waals surface area contributed by atoms with Crippen LogP contribution >= 0.6 is 0 Å². The first-order chi connectivity index (χ1) is 6.09. The van der Waals surface area contributed by atoms with Crippen LogP contribution in [-0.2, 0) is 12.0 Å². The summed E-state index contributed by atoms with van der Waals surface area (Å²) in [5, 5.41) is 10.0. The van der Waals surface area contributed by atoms with Crippen LogP contribution in [0.25, 0.3) is 0 Å². The van der Waals surface area contributed by atoms with Gasteiger partial charge >= 0.3 is 0 Å². The molecule has 0 bridgehead atoms. The molecular weight excluding hydrogens is 164 g/mol. The maximum Gasteiger partial charge on any atom is 0.123 e. The van der Waals surface area contributed by atoms with Crippen molar-refractivity contribution in [3.05, 3.63) is 23.4 Å². The summed E-state index contributed by atoms with van der Waals surface area (Å²) in [6.07, 6.45) is 2.72. The number of rotatable bonds is 0. The topological polar surface area (TPSA) is 59.1 Å². The summed E-state index contributed by atoms with van der Waals surface area (Å²) in [4.78, 5) is 4.23. The molecule has 0 aromatic carbocycles. The fraction of sp³-hybridized carbons (Fsp3) is 0.500. The van der Waals surface area contributed by atoms with Crippen LogP contribution in [0.15, 0.2) is 12.1 Å². The van der Waals surface area contributed by atoms with Crippen LogP contribution in [0, 0.1) is 0 Å². The average molecular weight is 178 g/mol. The van der Waals surface area contributed by atoms with E-state index >= 15 is 0 Å². The lowest BCUT2D eigenvalue weighted by Crippen LogP contribution is -2.27. The summed E-state index contributed by atoms with van der Waals surface area (Å²) in [6.45, 7) is 1.84. The predicted octanol–water partition coefficient (Wildman–Crippen LogP) is 1.21. The van der Waals surface area contributed by atoms with Crippen LogP contribution in [0.5, 0.6) is 0 Å². The molecule has 1 aromatic heterocycles. The maximum absolute atomic E-state index is 10.0. The molecular formula is C10H14N2O. The molecule has 0 saturated heterocycles. The maximum atomic E-state index is 10.0. The quantitative estimate of drug-likeness (QED) is 0.627. The van der Waals surface area contributed by atoms with E-state index in [9.17, 15) is 5.11 Å². The zero-order chi connectivity index (χ0) is 9.47. The molecule has 1 unspecified atom stereocenters. The van der Waals surface area contributed by atoms with Gasteiger partial charge in [0.2, 0.25) is 0 Å². The Morgan fingerprint density at radius 2 is 2.31 bits per heavy atom. The molecule has 1 aliphatic rings. The number of aromatic nitrogens is 1. The first-order valence-electron chi connectivity index (χ1n) is 4.58. The van der Waals surface area contributed by atoms with E-state index in [0.29, 0.717) is 5.82 Å². The molecule has 0 radical (unpaired) electrons. The van der Waals surface area contributed by atoms with Gasteiger partial charge < -0.3 is 10.8 Å². The average Bonchev–Trinajstić information content (AvgIpc) is 2.02. The number of aliphatic hydroxyl groups is 1. The lowest BCUT2D eigenvalue weighted by molar-refractivity contribution is 0.0379. The Morgan fingerprint density at radius 3 is 3.08 bits per heavy atom. The molecule has 0 aliphatic heterocycles. The minimum Gasteiger partial charge on any atom is -0.385 e. The fourth-order valence-corrected chi connectivity index (χ4v) is 1.93.